The third kappa shape index (κ3) is 3.24. The largest absolute Gasteiger partial charge is 0.300 e. The first kappa shape index (κ1) is 12.9. The molecule has 0 amide bonds. The molecule has 1 saturated carbocycles. The summed E-state index contributed by atoms with van der Waals surface area (Å²) >= 11 is 0. The zero-order valence-electron chi connectivity index (χ0n) is 11.6. The highest BCUT2D eigenvalue weighted by Gasteiger charge is 2.29. The van der Waals surface area contributed by atoms with Gasteiger partial charge in [-0.3, -0.25) is 4.79 Å². The third-order valence-electron chi connectivity index (χ3n) is 4.71. The van der Waals surface area contributed by atoms with Gasteiger partial charge in [0.25, 0.3) is 0 Å². The highest BCUT2D eigenvalue weighted by Crippen LogP contribution is 2.37. The van der Waals surface area contributed by atoms with Gasteiger partial charge in [0.05, 0.1) is 0 Å². The van der Waals surface area contributed by atoms with Gasteiger partial charge in [0.15, 0.2) is 0 Å². The Hall–Kier alpha value is -1.15. The number of aldehydes is 1. The lowest BCUT2D eigenvalue weighted by molar-refractivity contribution is 0.112. The molecule has 0 spiro atoms. The van der Waals surface area contributed by atoms with E-state index in [0.29, 0.717) is 5.92 Å². The van der Waals surface area contributed by atoms with Crippen molar-refractivity contribution in [3.63, 3.8) is 0 Å². The number of nitrogens with zero attached hydrogens (tertiary/aromatic N) is 1. The van der Waals surface area contributed by atoms with Crippen LogP contribution in [0.4, 0.5) is 0 Å². The number of hydrogen-bond acceptors (Lipinski definition) is 2. The van der Waals surface area contributed by atoms with Crippen LogP contribution >= 0.6 is 0 Å². The molecule has 1 aliphatic heterocycles. The number of carbonyl (C=O) groups is 1. The summed E-state index contributed by atoms with van der Waals surface area (Å²) in [6, 6.07) is 8.29. The zero-order chi connectivity index (χ0) is 13.1. The SMILES string of the molecule is O=Cc1ccc(C(CN2CC2)C2CCCCC2)cc1. The quantitative estimate of drug-likeness (QED) is 0.594. The Bertz CT molecular complexity index is 415. The normalized spacial score (nSPS) is 22.1. The predicted molar refractivity (Wildman–Crippen MR) is 77.6 cm³/mol. The Morgan fingerprint density at radius 2 is 1.79 bits per heavy atom. The molecule has 1 aliphatic carbocycles. The summed E-state index contributed by atoms with van der Waals surface area (Å²) in [5.41, 5.74) is 2.22. The molecule has 1 saturated heterocycles. The second-order valence-corrected chi connectivity index (χ2v) is 6.09. The molecule has 1 atom stereocenters. The molecule has 2 heteroatoms. The molecule has 102 valence electrons. The first-order chi connectivity index (χ1) is 9.36. The number of hydrogen-bond donors (Lipinski definition) is 0. The maximum absolute atomic E-state index is 10.8. The van der Waals surface area contributed by atoms with E-state index >= 15 is 0 Å². The maximum atomic E-state index is 10.8. The molecule has 19 heavy (non-hydrogen) atoms. The zero-order valence-corrected chi connectivity index (χ0v) is 11.6. The van der Waals surface area contributed by atoms with Crippen molar-refractivity contribution in [2.75, 3.05) is 19.6 Å². The van der Waals surface area contributed by atoms with Crippen molar-refractivity contribution >= 4 is 6.29 Å². The minimum atomic E-state index is 0.670. The molecule has 1 aromatic rings. The van der Waals surface area contributed by atoms with Crippen LogP contribution in [0.15, 0.2) is 24.3 Å². The van der Waals surface area contributed by atoms with E-state index in [9.17, 15) is 4.79 Å². The summed E-state index contributed by atoms with van der Waals surface area (Å²) in [7, 11) is 0. The van der Waals surface area contributed by atoms with Crippen LogP contribution in [0, 0.1) is 5.92 Å². The van der Waals surface area contributed by atoms with Gasteiger partial charge in [-0.2, -0.15) is 0 Å². The Kier molecular flexibility index (Phi) is 3.97. The van der Waals surface area contributed by atoms with Crippen molar-refractivity contribution in [2.24, 2.45) is 5.92 Å². The van der Waals surface area contributed by atoms with Crippen molar-refractivity contribution in [3.05, 3.63) is 35.4 Å². The second-order valence-electron chi connectivity index (χ2n) is 6.09. The molecule has 1 unspecified atom stereocenters. The standard InChI is InChI=1S/C17H23NO/c19-13-14-6-8-16(9-7-14)17(12-18-10-11-18)15-4-2-1-3-5-15/h6-9,13,15,17H,1-5,10-12H2. The van der Waals surface area contributed by atoms with Crippen LogP contribution in [0.5, 0.6) is 0 Å². The predicted octanol–water partition coefficient (Wildman–Crippen LogP) is 3.48. The van der Waals surface area contributed by atoms with Crippen molar-refractivity contribution in [1.29, 1.82) is 0 Å². The smallest absolute Gasteiger partial charge is 0.150 e. The van der Waals surface area contributed by atoms with E-state index in [1.54, 1.807) is 0 Å². The van der Waals surface area contributed by atoms with Gasteiger partial charge in [0, 0.05) is 25.2 Å². The highest BCUT2D eigenvalue weighted by atomic mass is 16.1. The number of benzene rings is 1. The fourth-order valence-corrected chi connectivity index (χ4v) is 3.42. The monoisotopic (exact) mass is 257 g/mol. The first-order valence-corrected chi connectivity index (χ1v) is 7.64. The number of rotatable bonds is 5. The molecule has 2 aliphatic rings. The molecule has 2 fully saturated rings. The van der Waals surface area contributed by atoms with Gasteiger partial charge >= 0.3 is 0 Å². The van der Waals surface area contributed by atoms with Gasteiger partial charge in [-0.1, -0.05) is 43.5 Å². The van der Waals surface area contributed by atoms with E-state index in [-0.39, 0.29) is 0 Å². The van der Waals surface area contributed by atoms with E-state index in [1.165, 1.54) is 57.3 Å². The summed E-state index contributed by atoms with van der Waals surface area (Å²) in [6.07, 6.45) is 7.91. The fraction of sp³-hybridized carbons (Fsp3) is 0.588. The molecular formula is C17H23NO. The molecule has 0 radical (unpaired) electrons. The molecule has 0 bridgehead atoms. The van der Waals surface area contributed by atoms with Gasteiger partial charge in [0.1, 0.15) is 6.29 Å². The summed E-state index contributed by atoms with van der Waals surface area (Å²) in [4.78, 5) is 13.3. The van der Waals surface area contributed by atoms with Gasteiger partial charge in [-0.25, -0.2) is 0 Å². The molecular weight excluding hydrogens is 234 g/mol. The van der Waals surface area contributed by atoms with Crippen LogP contribution in [0.1, 0.15) is 53.9 Å². The summed E-state index contributed by atoms with van der Waals surface area (Å²) in [5, 5.41) is 0. The molecule has 2 nitrogen and oxygen atoms in total. The third-order valence-corrected chi connectivity index (χ3v) is 4.71. The second kappa shape index (κ2) is 5.87. The molecule has 1 heterocycles. The average Bonchev–Trinajstić information content (AvgIpc) is 3.30. The van der Waals surface area contributed by atoms with Gasteiger partial charge in [0.2, 0.25) is 0 Å². The van der Waals surface area contributed by atoms with E-state index < -0.39 is 0 Å². The van der Waals surface area contributed by atoms with Crippen LogP contribution in [-0.2, 0) is 0 Å². The van der Waals surface area contributed by atoms with Crippen LogP contribution < -0.4 is 0 Å². The fourth-order valence-electron chi connectivity index (χ4n) is 3.42. The Morgan fingerprint density at radius 1 is 1.11 bits per heavy atom. The lowest BCUT2D eigenvalue weighted by atomic mass is 9.76. The topological polar surface area (TPSA) is 20.1 Å². The van der Waals surface area contributed by atoms with Crippen molar-refractivity contribution in [2.45, 2.75) is 38.0 Å². The van der Waals surface area contributed by atoms with Gasteiger partial charge in [-0.15, -0.1) is 0 Å². The van der Waals surface area contributed by atoms with Crippen LogP contribution in [0.25, 0.3) is 0 Å². The Labute approximate surface area is 115 Å². The van der Waals surface area contributed by atoms with E-state index in [0.717, 1.165) is 17.8 Å². The molecule has 3 rings (SSSR count). The minimum Gasteiger partial charge on any atom is -0.300 e. The average molecular weight is 257 g/mol. The Balaban J connectivity index is 1.77. The summed E-state index contributed by atoms with van der Waals surface area (Å²) < 4.78 is 0. The number of carbonyl (C=O) groups excluding carboxylic acids is 1. The highest BCUT2D eigenvalue weighted by molar-refractivity contribution is 5.74. The Morgan fingerprint density at radius 3 is 2.37 bits per heavy atom. The molecule has 1 aromatic carbocycles. The van der Waals surface area contributed by atoms with Crippen molar-refractivity contribution in [1.82, 2.24) is 4.90 Å². The van der Waals surface area contributed by atoms with Crippen molar-refractivity contribution in [3.8, 4) is 0 Å². The van der Waals surface area contributed by atoms with Gasteiger partial charge in [-0.05, 0) is 30.2 Å². The first-order valence-electron chi connectivity index (χ1n) is 7.64. The van der Waals surface area contributed by atoms with Crippen molar-refractivity contribution < 1.29 is 4.79 Å². The van der Waals surface area contributed by atoms with E-state index in [4.69, 9.17) is 0 Å². The summed E-state index contributed by atoms with van der Waals surface area (Å²) in [5.74, 6) is 1.51. The van der Waals surface area contributed by atoms with Crippen LogP contribution in [-0.4, -0.2) is 30.8 Å². The maximum Gasteiger partial charge on any atom is 0.150 e. The lowest BCUT2D eigenvalue weighted by Crippen LogP contribution is -2.23. The van der Waals surface area contributed by atoms with E-state index in [2.05, 4.69) is 17.0 Å². The minimum absolute atomic E-state index is 0.670. The van der Waals surface area contributed by atoms with E-state index in [1.807, 2.05) is 12.1 Å². The van der Waals surface area contributed by atoms with Crippen LogP contribution in [0.3, 0.4) is 0 Å². The van der Waals surface area contributed by atoms with Gasteiger partial charge < -0.3 is 4.90 Å². The lowest BCUT2D eigenvalue weighted by Gasteiger charge is -2.31. The summed E-state index contributed by atoms with van der Waals surface area (Å²) in [6.45, 7) is 3.76. The van der Waals surface area contributed by atoms with Crippen LogP contribution in [0.2, 0.25) is 0 Å². The molecule has 0 aromatic heterocycles. The molecule has 0 N–H and O–H groups in total.